The van der Waals surface area contributed by atoms with Crippen LogP contribution in [-0.4, -0.2) is 64.9 Å². The van der Waals surface area contributed by atoms with Crippen molar-refractivity contribution in [3.63, 3.8) is 0 Å². The smallest absolute Gasteiger partial charge is 0.240 e. The molecule has 1 aromatic heterocycles. The van der Waals surface area contributed by atoms with Gasteiger partial charge in [-0.2, -0.15) is 4.98 Å². The summed E-state index contributed by atoms with van der Waals surface area (Å²) in [7, 11) is 2.10. The standard InChI is InChI=1S/C13H24N4O2/c1-11-14-13(19-15-11)10-16(2)9-12-3-5-17(6-4-12)7-8-18/h12,18H,3-10H2,1-2H3. The maximum absolute atomic E-state index is 8.92. The summed E-state index contributed by atoms with van der Waals surface area (Å²) < 4.78 is 5.13. The molecule has 0 radical (unpaired) electrons. The van der Waals surface area contributed by atoms with Gasteiger partial charge in [0, 0.05) is 13.1 Å². The molecule has 2 heterocycles. The van der Waals surface area contributed by atoms with E-state index >= 15 is 0 Å². The molecule has 1 aromatic rings. The molecule has 1 fully saturated rings. The number of hydrogen-bond acceptors (Lipinski definition) is 6. The fourth-order valence-corrected chi connectivity index (χ4v) is 2.67. The van der Waals surface area contributed by atoms with Crippen molar-refractivity contribution in [2.75, 3.05) is 39.8 Å². The molecule has 1 aliphatic rings. The monoisotopic (exact) mass is 268 g/mol. The zero-order chi connectivity index (χ0) is 13.7. The van der Waals surface area contributed by atoms with Gasteiger partial charge in [-0.25, -0.2) is 0 Å². The minimum Gasteiger partial charge on any atom is -0.395 e. The lowest BCUT2D eigenvalue weighted by atomic mass is 9.96. The first kappa shape index (κ1) is 14.4. The van der Waals surface area contributed by atoms with Gasteiger partial charge < -0.3 is 14.5 Å². The Morgan fingerprint density at radius 3 is 2.74 bits per heavy atom. The van der Waals surface area contributed by atoms with E-state index in [9.17, 15) is 0 Å². The molecule has 0 spiro atoms. The Bertz CT molecular complexity index is 374. The Balaban J connectivity index is 1.70. The fourth-order valence-electron chi connectivity index (χ4n) is 2.67. The minimum atomic E-state index is 0.265. The number of aromatic nitrogens is 2. The number of aliphatic hydroxyl groups excluding tert-OH is 1. The van der Waals surface area contributed by atoms with Crippen LogP contribution in [0.15, 0.2) is 4.52 Å². The highest BCUT2D eigenvalue weighted by Crippen LogP contribution is 2.18. The molecule has 6 nitrogen and oxygen atoms in total. The van der Waals surface area contributed by atoms with Crippen molar-refractivity contribution >= 4 is 0 Å². The van der Waals surface area contributed by atoms with Gasteiger partial charge in [0.25, 0.3) is 0 Å². The van der Waals surface area contributed by atoms with Crippen LogP contribution in [0.5, 0.6) is 0 Å². The average Bonchev–Trinajstić information content (AvgIpc) is 2.77. The maximum Gasteiger partial charge on any atom is 0.240 e. The van der Waals surface area contributed by atoms with Crippen LogP contribution in [0.3, 0.4) is 0 Å². The lowest BCUT2D eigenvalue weighted by Crippen LogP contribution is -2.38. The molecule has 0 saturated carbocycles. The summed E-state index contributed by atoms with van der Waals surface area (Å²) in [6.45, 7) is 6.89. The number of aliphatic hydroxyl groups is 1. The molecule has 0 aliphatic carbocycles. The lowest BCUT2D eigenvalue weighted by Gasteiger charge is -2.33. The third-order valence-corrected chi connectivity index (χ3v) is 3.67. The van der Waals surface area contributed by atoms with Crippen LogP contribution in [0.4, 0.5) is 0 Å². The van der Waals surface area contributed by atoms with Crippen molar-refractivity contribution < 1.29 is 9.63 Å². The first-order valence-electron chi connectivity index (χ1n) is 6.98. The van der Waals surface area contributed by atoms with Crippen molar-refractivity contribution in [2.45, 2.75) is 26.3 Å². The predicted molar refractivity (Wildman–Crippen MR) is 71.6 cm³/mol. The van der Waals surface area contributed by atoms with Crippen LogP contribution in [0.2, 0.25) is 0 Å². The molecule has 0 atom stereocenters. The van der Waals surface area contributed by atoms with E-state index in [1.165, 1.54) is 12.8 Å². The molecular formula is C13H24N4O2. The molecule has 108 valence electrons. The van der Waals surface area contributed by atoms with Crippen LogP contribution in [-0.2, 0) is 6.54 Å². The number of β-amino-alcohol motifs (C(OH)–C–C–N with tert-alkyl or cyclic N) is 1. The van der Waals surface area contributed by atoms with E-state index in [0.29, 0.717) is 11.7 Å². The summed E-state index contributed by atoms with van der Waals surface area (Å²) in [6, 6.07) is 0. The Morgan fingerprint density at radius 1 is 1.42 bits per heavy atom. The second kappa shape index (κ2) is 6.98. The zero-order valence-electron chi connectivity index (χ0n) is 11.9. The third kappa shape index (κ3) is 4.56. The summed E-state index contributed by atoms with van der Waals surface area (Å²) in [5.74, 6) is 2.11. The summed E-state index contributed by atoms with van der Waals surface area (Å²) in [5, 5.41) is 12.7. The van der Waals surface area contributed by atoms with Crippen molar-refractivity contribution in [1.82, 2.24) is 19.9 Å². The van der Waals surface area contributed by atoms with Gasteiger partial charge in [-0.3, -0.25) is 4.90 Å². The van der Waals surface area contributed by atoms with Crippen LogP contribution < -0.4 is 0 Å². The largest absolute Gasteiger partial charge is 0.395 e. The van der Waals surface area contributed by atoms with E-state index in [1.54, 1.807) is 0 Å². The van der Waals surface area contributed by atoms with Crippen molar-refractivity contribution in [3.8, 4) is 0 Å². The van der Waals surface area contributed by atoms with E-state index < -0.39 is 0 Å². The Kier molecular flexibility index (Phi) is 5.30. The molecule has 0 bridgehead atoms. The molecular weight excluding hydrogens is 244 g/mol. The maximum atomic E-state index is 8.92. The highest BCUT2D eigenvalue weighted by atomic mass is 16.5. The van der Waals surface area contributed by atoms with Crippen LogP contribution in [0.25, 0.3) is 0 Å². The van der Waals surface area contributed by atoms with Crippen molar-refractivity contribution in [2.24, 2.45) is 5.92 Å². The first-order chi connectivity index (χ1) is 9.17. The van der Waals surface area contributed by atoms with Crippen molar-refractivity contribution in [3.05, 3.63) is 11.7 Å². The highest BCUT2D eigenvalue weighted by Gasteiger charge is 2.20. The summed E-state index contributed by atoms with van der Waals surface area (Å²) in [4.78, 5) is 8.81. The van der Waals surface area contributed by atoms with E-state index in [4.69, 9.17) is 9.63 Å². The fraction of sp³-hybridized carbons (Fsp3) is 0.846. The van der Waals surface area contributed by atoms with Gasteiger partial charge in [-0.1, -0.05) is 5.16 Å². The number of rotatable bonds is 6. The average molecular weight is 268 g/mol. The zero-order valence-corrected chi connectivity index (χ0v) is 11.9. The minimum absolute atomic E-state index is 0.265. The summed E-state index contributed by atoms with van der Waals surface area (Å²) in [6.07, 6.45) is 2.40. The van der Waals surface area contributed by atoms with Crippen LogP contribution in [0, 0.1) is 12.8 Å². The highest BCUT2D eigenvalue weighted by molar-refractivity contribution is 4.83. The summed E-state index contributed by atoms with van der Waals surface area (Å²) in [5.41, 5.74) is 0. The van der Waals surface area contributed by atoms with Gasteiger partial charge in [-0.15, -0.1) is 0 Å². The number of piperidine rings is 1. The van der Waals surface area contributed by atoms with Gasteiger partial charge in [0.2, 0.25) is 5.89 Å². The Hall–Kier alpha value is -0.980. The Morgan fingerprint density at radius 2 is 2.16 bits per heavy atom. The molecule has 1 aliphatic heterocycles. The topological polar surface area (TPSA) is 65.6 Å². The van der Waals surface area contributed by atoms with Gasteiger partial charge in [-0.05, 0) is 45.8 Å². The van der Waals surface area contributed by atoms with Gasteiger partial charge in [0.15, 0.2) is 5.82 Å². The number of nitrogens with zero attached hydrogens (tertiary/aromatic N) is 4. The molecule has 0 aromatic carbocycles. The van der Waals surface area contributed by atoms with Crippen molar-refractivity contribution in [1.29, 1.82) is 0 Å². The van der Waals surface area contributed by atoms with Gasteiger partial charge in [0.1, 0.15) is 0 Å². The third-order valence-electron chi connectivity index (χ3n) is 3.67. The second-order valence-electron chi connectivity index (χ2n) is 5.44. The number of aryl methyl sites for hydroxylation is 1. The number of likely N-dealkylation sites (tertiary alicyclic amines) is 1. The summed E-state index contributed by atoms with van der Waals surface area (Å²) >= 11 is 0. The first-order valence-corrected chi connectivity index (χ1v) is 6.98. The molecule has 2 rings (SSSR count). The van der Waals surface area contributed by atoms with Gasteiger partial charge in [0.05, 0.1) is 13.2 Å². The molecule has 1 N–H and O–H groups in total. The lowest BCUT2D eigenvalue weighted by molar-refractivity contribution is 0.126. The number of hydrogen-bond donors (Lipinski definition) is 1. The Labute approximate surface area is 114 Å². The van der Waals surface area contributed by atoms with Crippen LogP contribution >= 0.6 is 0 Å². The predicted octanol–water partition coefficient (Wildman–Crippen LogP) is 0.514. The van der Waals surface area contributed by atoms with E-state index in [1.807, 2.05) is 6.92 Å². The second-order valence-corrected chi connectivity index (χ2v) is 5.44. The quantitative estimate of drug-likeness (QED) is 0.811. The van der Waals surface area contributed by atoms with E-state index in [2.05, 4.69) is 27.0 Å². The molecule has 6 heteroatoms. The molecule has 0 unspecified atom stereocenters. The molecule has 19 heavy (non-hydrogen) atoms. The molecule has 1 saturated heterocycles. The van der Waals surface area contributed by atoms with Crippen LogP contribution in [0.1, 0.15) is 24.6 Å². The van der Waals surface area contributed by atoms with E-state index in [-0.39, 0.29) is 6.61 Å². The normalized spacial score (nSPS) is 18.3. The molecule has 0 amide bonds. The SMILES string of the molecule is Cc1noc(CN(C)CC2CCN(CCO)CC2)n1. The van der Waals surface area contributed by atoms with E-state index in [0.717, 1.165) is 38.6 Å². The van der Waals surface area contributed by atoms with Gasteiger partial charge >= 0.3 is 0 Å².